The standard InChI is InChI=1S/C18H33N3O5/c1-2-10-23-12-14-25-16-17-26-15-13-24-11-3-18(22)21-8-6-20(5-4-19)7-9-21/h1H,3-17,19H2. The Hall–Kier alpha value is -1.21. The Kier molecular flexibility index (Phi) is 14.0. The molecule has 8 heteroatoms. The minimum Gasteiger partial charge on any atom is -0.379 e. The van der Waals surface area contributed by atoms with E-state index in [1.807, 2.05) is 4.90 Å². The second kappa shape index (κ2) is 16.0. The molecule has 0 saturated carbocycles. The van der Waals surface area contributed by atoms with E-state index in [2.05, 4.69) is 10.8 Å². The maximum Gasteiger partial charge on any atom is 0.224 e. The van der Waals surface area contributed by atoms with Crippen LogP contribution in [-0.4, -0.2) is 108 Å². The van der Waals surface area contributed by atoms with E-state index in [1.54, 1.807) is 0 Å². The van der Waals surface area contributed by atoms with Gasteiger partial charge in [0, 0.05) is 39.3 Å². The lowest BCUT2D eigenvalue weighted by atomic mass is 10.3. The van der Waals surface area contributed by atoms with Gasteiger partial charge in [0.05, 0.1) is 52.7 Å². The zero-order chi connectivity index (χ0) is 18.9. The number of rotatable bonds is 15. The van der Waals surface area contributed by atoms with E-state index < -0.39 is 0 Å². The third-order valence-electron chi connectivity index (χ3n) is 3.93. The maximum absolute atomic E-state index is 12.1. The first kappa shape index (κ1) is 22.8. The summed E-state index contributed by atoms with van der Waals surface area (Å²) in [5.74, 6) is 2.54. The van der Waals surface area contributed by atoms with Crippen LogP contribution in [-0.2, 0) is 23.7 Å². The van der Waals surface area contributed by atoms with Gasteiger partial charge < -0.3 is 29.6 Å². The molecule has 0 aliphatic carbocycles. The summed E-state index contributed by atoms with van der Waals surface area (Å²) >= 11 is 0. The van der Waals surface area contributed by atoms with Crippen molar-refractivity contribution in [3.63, 3.8) is 0 Å². The molecule has 1 saturated heterocycles. The third kappa shape index (κ3) is 11.4. The molecule has 1 amide bonds. The molecule has 0 aromatic carbocycles. The summed E-state index contributed by atoms with van der Waals surface area (Å²) in [6.07, 6.45) is 5.47. The summed E-state index contributed by atoms with van der Waals surface area (Å²) < 4.78 is 21.2. The Morgan fingerprint density at radius 2 is 1.42 bits per heavy atom. The number of carbonyl (C=O) groups is 1. The molecule has 0 atom stereocenters. The van der Waals surface area contributed by atoms with E-state index in [-0.39, 0.29) is 5.91 Å². The van der Waals surface area contributed by atoms with Crippen molar-refractivity contribution >= 4 is 5.91 Å². The predicted octanol–water partition coefficient (Wildman–Crippen LogP) is -0.821. The summed E-state index contributed by atoms with van der Waals surface area (Å²) in [4.78, 5) is 16.3. The van der Waals surface area contributed by atoms with Crippen LogP contribution in [0.4, 0.5) is 0 Å². The van der Waals surface area contributed by atoms with Crippen LogP contribution in [0.1, 0.15) is 6.42 Å². The van der Waals surface area contributed by atoms with Gasteiger partial charge in [-0.2, -0.15) is 0 Å². The number of hydrogen-bond acceptors (Lipinski definition) is 7. The quantitative estimate of drug-likeness (QED) is 0.297. The van der Waals surface area contributed by atoms with Gasteiger partial charge in [-0.1, -0.05) is 5.92 Å². The molecule has 0 aromatic rings. The van der Waals surface area contributed by atoms with Gasteiger partial charge in [0.2, 0.25) is 5.91 Å². The highest BCUT2D eigenvalue weighted by molar-refractivity contribution is 5.76. The number of nitrogens with zero attached hydrogens (tertiary/aromatic N) is 2. The van der Waals surface area contributed by atoms with Crippen molar-refractivity contribution in [3.8, 4) is 12.3 Å². The van der Waals surface area contributed by atoms with E-state index in [0.29, 0.717) is 65.8 Å². The first-order chi connectivity index (χ1) is 12.8. The molecule has 1 aliphatic heterocycles. The van der Waals surface area contributed by atoms with E-state index in [0.717, 1.165) is 32.7 Å². The second-order valence-electron chi connectivity index (χ2n) is 5.85. The van der Waals surface area contributed by atoms with Gasteiger partial charge in [0.25, 0.3) is 0 Å². The molecule has 0 radical (unpaired) electrons. The van der Waals surface area contributed by atoms with Crippen LogP contribution < -0.4 is 5.73 Å². The monoisotopic (exact) mass is 371 g/mol. The van der Waals surface area contributed by atoms with Crippen molar-refractivity contribution in [2.75, 3.05) is 92.1 Å². The minimum atomic E-state index is 0.152. The van der Waals surface area contributed by atoms with Crippen LogP contribution in [0, 0.1) is 12.3 Å². The molecule has 1 fully saturated rings. The van der Waals surface area contributed by atoms with Crippen LogP contribution in [0.3, 0.4) is 0 Å². The lowest BCUT2D eigenvalue weighted by Crippen LogP contribution is -2.49. The largest absolute Gasteiger partial charge is 0.379 e. The Labute approximate surface area is 156 Å². The Morgan fingerprint density at radius 1 is 0.885 bits per heavy atom. The highest BCUT2D eigenvalue weighted by Gasteiger charge is 2.19. The average molecular weight is 371 g/mol. The lowest BCUT2D eigenvalue weighted by Gasteiger charge is -2.34. The highest BCUT2D eigenvalue weighted by atomic mass is 16.6. The molecule has 0 unspecified atom stereocenters. The number of hydrogen-bond donors (Lipinski definition) is 1. The molecule has 150 valence electrons. The third-order valence-corrected chi connectivity index (χ3v) is 3.93. The summed E-state index contributed by atoms with van der Waals surface area (Å²) in [6.45, 7) is 8.61. The number of terminal acetylenes is 1. The molecule has 26 heavy (non-hydrogen) atoms. The van der Waals surface area contributed by atoms with Crippen molar-refractivity contribution < 1.29 is 23.7 Å². The molecule has 1 rings (SSSR count). The molecule has 2 N–H and O–H groups in total. The van der Waals surface area contributed by atoms with Crippen molar-refractivity contribution in [2.24, 2.45) is 5.73 Å². The van der Waals surface area contributed by atoms with Gasteiger partial charge in [-0.3, -0.25) is 9.69 Å². The fourth-order valence-electron chi connectivity index (χ4n) is 2.51. The van der Waals surface area contributed by atoms with Crippen molar-refractivity contribution in [1.29, 1.82) is 0 Å². The van der Waals surface area contributed by atoms with Crippen LogP contribution >= 0.6 is 0 Å². The molecule has 0 bridgehead atoms. The van der Waals surface area contributed by atoms with Gasteiger partial charge in [-0.05, 0) is 0 Å². The first-order valence-corrected chi connectivity index (χ1v) is 9.22. The summed E-state index contributed by atoms with van der Waals surface area (Å²) in [5.41, 5.74) is 5.55. The topological polar surface area (TPSA) is 86.5 Å². The van der Waals surface area contributed by atoms with Gasteiger partial charge in [-0.25, -0.2) is 0 Å². The molecular weight excluding hydrogens is 338 g/mol. The summed E-state index contributed by atoms with van der Waals surface area (Å²) in [6, 6.07) is 0. The highest BCUT2D eigenvalue weighted by Crippen LogP contribution is 2.03. The van der Waals surface area contributed by atoms with Crippen LogP contribution in [0.2, 0.25) is 0 Å². The van der Waals surface area contributed by atoms with Crippen molar-refractivity contribution in [2.45, 2.75) is 6.42 Å². The van der Waals surface area contributed by atoms with Crippen molar-refractivity contribution in [1.82, 2.24) is 9.80 Å². The zero-order valence-corrected chi connectivity index (χ0v) is 15.7. The van der Waals surface area contributed by atoms with E-state index in [9.17, 15) is 4.79 Å². The van der Waals surface area contributed by atoms with Gasteiger partial charge >= 0.3 is 0 Å². The van der Waals surface area contributed by atoms with Crippen LogP contribution in [0.5, 0.6) is 0 Å². The zero-order valence-electron chi connectivity index (χ0n) is 15.7. The number of ether oxygens (including phenoxy) is 4. The average Bonchev–Trinajstić information content (AvgIpc) is 2.66. The molecule has 1 aliphatic rings. The van der Waals surface area contributed by atoms with Crippen molar-refractivity contribution in [3.05, 3.63) is 0 Å². The number of carbonyl (C=O) groups excluding carboxylic acids is 1. The lowest BCUT2D eigenvalue weighted by molar-refractivity contribution is -0.134. The fourth-order valence-corrected chi connectivity index (χ4v) is 2.51. The number of nitrogens with two attached hydrogens (primary N) is 1. The van der Waals surface area contributed by atoms with Crippen LogP contribution in [0.15, 0.2) is 0 Å². The Balaban J connectivity index is 1.84. The van der Waals surface area contributed by atoms with Crippen LogP contribution in [0.25, 0.3) is 0 Å². The van der Waals surface area contributed by atoms with E-state index >= 15 is 0 Å². The SMILES string of the molecule is C#CCOCCOCCOCCOCCC(=O)N1CCN(CCN)CC1. The first-order valence-electron chi connectivity index (χ1n) is 9.22. The van der Waals surface area contributed by atoms with E-state index in [4.69, 9.17) is 31.1 Å². The van der Waals surface area contributed by atoms with Gasteiger partial charge in [0.1, 0.15) is 6.61 Å². The summed E-state index contributed by atoms with van der Waals surface area (Å²) in [7, 11) is 0. The normalized spacial score (nSPS) is 15.2. The van der Waals surface area contributed by atoms with E-state index in [1.165, 1.54) is 0 Å². The molecule has 0 aromatic heterocycles. The molecular formula is C18H33N3O5. The van der Waals surface area contributed by atoms with Gasteiger partial charge in [0.15, 0.2) is 0 Å². The number of piperazine rings is 1. The second-order valence-corrected chi connectivity index (χ2v) is 5.85. The maximum atomic E-state index is 12.1. The molecule has 1 heterocycles. The Morgan fingerprint density at radius 3 is 1.96 bits per heavy atom. The smallest absolute Gasteiger partial charge is 0.224 e. The number of amides is 1. The molecule has 8 nitrogen and oxygen atoms in total. The fraction of sp³-hybridized carbons (Fsp3) is 0.833. The minimum absolute atomic E-state index is 0.152. The summed E-state index contributed by atoms with van der Waals surface area (Å²) in [5, 5.41) is 0. The Bertz CT molecular complexity index is 395. The molecule has 0 spiro atoms. The predicted molar refractivity (Wildman–Crippen MR) is 98.8 cm³/mol. The van der Waals surface area contributed by atoms with Gasteiger partial charge in [-0.15, -0.1) is 6.42 Å².